The normalized spacial score (nSPS) is 13.2. The summed E-state index contributed by atoms with van der Waals surface area (Å²) in [6.45, 7) is 8.13. The van der Waals surface area contributed by atoms with Gasteiger partial charge >= 0.3 is 0 Å². The molecular weight excluding hydrogens is 256 g/mol. The minimum absolute atomic E-state index is 0.191. The van der Waals surface area contributed by atoms with Crippen molar-refractivity contribution in [2.75, 3.05) is 11.9 Å². The van der Waals surface area contributed by atoms with E-state index in [1.807, 2.05) is 26.8 Å². The van der Waals surface area contributed by atoms with Crippen LogP contribution in [-0.2, 0) is 0 Å². The summed E-state index contributed by atoms with van der Waals surface area (Å²) in [5, 5.41) is 17.0. The lowest BCUT2D eigenvalue weighted by molar-refractivity contribution is 0.0745. The van der Waals surface area contributed by atoms with Gasteiger partial charge in [-0.05, 0) is 24.5 Å². The predicted molar refractivity (Wildman–Crippen MR) is 76.2 cm³/mol. The van der Waals surface area contributed by atoms with E-state index in [4.69, 9.17) is 4.52 Å². The molecule has 20 heavy (non-hydrogen) atoms. The van der Waals surface area contributed by atoms with Crippen LogP contribution in [0.3, 0.4) is 0 Å². The van der Waals surface area contributed by atoms with Crippen LogP contribution >= 0.6 is 0 Å². The third-order valence-electron chi connectivity index (χ3n) is 3.03. The summed E-state index contributed by atoms with van der Waals surface area (Å²) in [6.07, 6.45) is 1.19. The first-order valence-corrected chi connectivity index (χ1v) is 6.55. The summed E-state index contributed by atoms with van der Waals surface area (Å²) in [4.78, 5) is 8.47. The van der Waals surface area contributed by atoms with Crippen molar-refractivity contribution in [2.45, 2.75) is 33.8 Å². The van der Waals surface area contributed by atoms with Crippen LogP contribution in [0.1, 0.15) is 26.6 Å². The predicted octanol–water partition coefficient (Wildman–Crippen LogP) is 2.26. The van der Waals surface area contributed by atoms with Crippen molar-refractivity contribution in [1.29, 1.82) is 0 Å². The maximum Gasteiger partial charge on any atom is 0.261 e. The molecule has 108 valence electrons. The third kappa shape index (κ3) is 3.33. The molecule has 2 heterocycles. The molecule has 0 radical (unpaired) electrons. The van der Waals surface area contributed by atoms with Crippen molar-refractivity contribution in [3.8, 4) is 11.5 Å². The number of hydrogen-bond acceptors (Lipinski definition) is 6. The second kappa shape index (κ2) is 5.58. The number of rotatable bonds is 4. The highest BCUT2D eigenvalue weighted by Crippen LogP contribution is 2.25. The van der Waals surface area contributed by atoms with E-state index in [0.717, 1.165) is 5.56 Å². The van der Waals surface area contributed by atoms with Crippen LogP contribution in [0.15, 0.2) is 22.9 Å². The monoisotopic (exact) mass is 276 g/mol. The van der Waals surface area contributed by atoms with Crippen molar-refractivity contribution in [3.05, 3.63) is 24.2 Å². The van der Waals surface area contributed by atoms with Gasteiger partial charge in [0.1, 0.15) is 5.82 Å². The molecule has 6 heteroatoms. The van der Waals surface area contributed by atoms with Crippen LogP contribution in [0.2, 0.25) is 0 Å². The lowest BCUT2D eigenvalue weighted by Gasteiger charge is -2.26. The highest BCUT2D eigenvalue weighted by Gasteiger charge is 2.22. The van der Waals surface area contributed by atoms with E-state index < -0.39 is 6.10 Å². The lowest BCUT2D eigenvalue weighted by atomic mass is 9.89. The van der Waals surface area contributed by atoms with Gasteiger partial charge in [-0.25, -0.2) is 4.98 Å². The summed E-state index contributed by atoms with van der Waals surface area (Å²) in [5.74, 6) is 1.62. The van der Waals surface area contributed by atoms with Crippen LogP contribution in [0.25, 0.3) is 11.5 Å². The Morgan fingerprint density at radius 1 is 1.40 bits per heavy atom. The van der Waals surface area contributed by atoms with E-state index in [9.17, 15) is 5.11 Å². The zero-order valence-corrected chi connectivity index (χ0v) is 12.2. The van der Waals surface area contributed by atoms with Crippen molar-refractivity contribution >= 4 is 5.82 Å². The molecule has 2 N–H and O–H groups in total. The van der Waals surface area contributed by atoms with E-state index in [-0.39, 0.29) is 5.41 Å². The Labute approximate surface area is 118 Å². The van der Waals surface area contributed by atoms with Crippen molar-refractivity contribution in [1.82, 2.24) is 15.1 Å². The number of pyridine rings is 1. The topological polar surface area (TPSA) is 84.1 Å². The van der Waals surface area contributed by atoms with Crippen LogP contribution in [0.4, 0.5) is 5.82 Å². The molecule has 0 aliphatic heterocycles. The number of hydrogen-bond donors (Lipinski definition) is 2. The lowest BCUT2D eigenvalue weighted by Crippen LogP contribution is -2.33. The molecule has 0 aliphatic carbocycles. The molecule has 2 aromatic heterocycles. The van der Waals surface area contributed by atoms with E-state index in [1.165, 1.54) is 0 Å². The summed E-state index contributed by atoms with van der Waals surface area (Å²) in [5.41, 5.74) is 0.539. The second-order valence-corrected chi connectivity index (χ2v) is 5.81. The Morgan fingerprint density at radius 3 is 2.75 bits per heavy atom. The molecule has 6 nitrogen and oxygen atoms in total. The fourth-order valence-corrected chi connectivity index (χ4v) is 1.62. The molecule has 0 spiro atoms. The molecular formula is C14H20N4O2. The number of aryl methyl sites for hydroxylation is 1. The van der Waals surface area contributed by atoms with Gasteiger partial charge in [-0.3, -0.25) is 0 Å². The summed E-state index contributed by atoms with van der Waals surface area (Å²) < 4.78 is 5.16. The van der Waals surface area contributed by atoms with Crippen LogP contribution < -0.4 is 5.32 Å². The van der Waals surface area contributed by atoms with Crippen LogP contribution in [-0.4, -0.2) is 32.9 Å². The first kappa shape index (κ1) is 14.5. The van der Waals surface area contributed by atoms with Gasteiger partial charge in [0.05, 0.1) is 11.7 Å². The van der Waals surface area contributed by atoms with Gasteiger partial charge < -0.3 is 14.9 Å². The molecule has 2 aromatic rings. The fraction of sp³-hybridized carbons (Fsp3) is 0.500. The van der Waals surface area contributed by atoms with Crippen molar-refractivity contribution < 1.29 is 9.63 Å². The Morgan fingerprint density at radius 2 is 2.15 bits per heavy atom. The molecule has 1 unspecified atom stereocenters. The molecule has 0 fully saturated rings. The van der Waals surface area contributed by atoms with E-state index in [2.05, 4.69) is 20.4 Å². The maximum atomic E-state index is 10.1. The van der Waals surface area contributed by atoms with Gasteiger partial charge in [0, 0.05) is 12.7 Å². The van der Waals surface area contributed by atoms with E-state index in [0.29, 0.717) is 24.1 Å². The molecule has 1 atom stereocenters. The number of nitrogens with zero attached hydrogens (tertiary/aromatic N) is 3. The maximum absolute atomic E-state index is 10.1. The SMILES string of the molecule is Cc1noc(-c2cccnc2NCC(O)C(C)(C)C)n1. The highest BCUT2D eigenvalue weighted by atomic mass is 16.5. The molecule has 0 bridgehead atoms. The fourth-order valence-electron chi connectivity index (χ4n) is 1.62. The quantitative estimate of drug-likeness (QED) is 0.891. The second-order valence-electron chi connectivity index (χ2n) is 5.81. The summed E-state index contributed by atoms with van der Waals surface area (Å²) in [7, 11) is 0. The minimum Gasteiger partial charge on any atom is -0.391 e. The average molecular weight is 276 g/mol. The molecule has 0 saturated carbocycles. The van der Waals surface area contributed by atoms with Crippen molar-refractivity contribution in [2.24, 2.45) is 5.41 Å². The van der Waals surface area contributed by atoms with Gasteiger partial charge in [0.2, 0.25) is 0 Å². The van der Waals surface area contributed by atoms with E-state index in [1.54, 1.807) is 19.2 Å². The van der Waals surface area contributed by atoms with Gasteiger partial charge in [0.25, 0.3) is 5.89 Å². The summed E-state index contributed by atoms with van der Waals surface area (Å²) in [6, 6.07) is 3.66. The first-order valence-electron chi connectivity index (χ1n) is 6.55. The van der Waals surface area contributed by atoms with Gasteiger partial charge in [-0.1, -0.05) is 25.9 Å². The number of aromatic nitrogens is 3. The zero-order chi connectivity index (χ0) is 14.8. The standard InChI is InChI=1S/C14H20N4O2/c1-9-17-13(20-18-9)10-6-5-7-15-12(10)16-8-11(19)14(2,3)4/h5-7,11,19H,8H2,1-4H3,(H,15,16). The Balaban J connectivity index is 2.17. The molecule has 2 rings (SSSR count). The molecule has 0 aromatic carbocycles. The van der Waals surface area contributed by atoms with Crippen LogP contribution in [0, 0.1) is 12.3 Å². The zero-order valence-electron chi connectivity index (χ0n) is 12.2. The number of aliphatic hydroxyl groups is 1. The van der Waals surface area contributed by atoms with Gasteiger partial charge in [-0.2, -0.15) is 4.98 Å². The Kier molecular flexibility index (Phi) is 4.04. The largest absolute Gasteiger partial charge is 0.391 e. The molecule has 0 aliphatic rings. The molecule has 0 saturated heterocycles. The smallest absolute Gasteiger partial charge is 0.261 e. The van der Waals surface area contributed by atoms with Crippen molar-refractivity contribution in [3.63, 3.8) is 0 Å². The third-order valence-corrected chi connectivity index (χ3v) is 3.03. The summed E-state index contributed by atoms with van der Waals surface area (Å²) >= 11 is 0. The minimum atomic E-state index is -0.484. The van der Waals surface area contributed by atoms with E-state index >= 15 is 0 Å². The Hall–Kier alpha value is -1.95. The van der Waals surface area contributed by atoms with Gasteiger partial charge in [-0.15, -0.1) is 0 Å². The highest BCUT2D eigenvalue weighted by molar-refractivity contribution is 5.68. The number of anilines is 1. The van der Waals surface area contributed by atoms with Crippen LogP contribution in [0.5, 0.6) is 0 Å². The Bertz CT molecular complexity index is 575. The average Bonchev–Trinajstić information content (AvgIpc) is 2.81. The molecule has 0 amide bonds. The first-order chi connectivity index (χ1) is 9.38. The number of aliphatic hydroxyl groups excluding tert-OH is 1. The number of nitrogens with one attached hydrogen (secondary N) is 1. The van der Waals surface area contributed by atoms with Gasteiger partial charge in [0.15, 0.2) is 5.82 Å².